The number of allylic oxidation sites excluding steroid dienone is 1. The summed E-state index contributed by atoms with van der Waals surface area (Å²) in [5.74, 6) is 0.904. The first kappa shape index (κ1) is 10.5. The second-order valence-corrected chi connectivity index (χ2v) is 3.07. The Morgan fingerprint density at radius 3 is 2.50 bits per heavy atom. The van der Waals surface area contributed by atoms with Gasteiger partial charge in [-0.2, -0.15) is 0 Å². The van der Waals surface area contributed by atoms with Gasteiger partial charge in [0, 0.05) is 0 Å². The van der Waals surface area contributed by atoms with Crippen molar-refractivity contribution in [1.29, 1.82) is 0 Å². The molecule has 14 heavy (non-hydrogen) atoms. The molecule has 0 spiro atoms. The van der Waals surface area contributed by atoms with Crippen LogP contribution < -0.4 is 4.74 Å². The van der Waals surface area contributed by atoms with Crippen molar-refractivity contribution >= 4 is 5.78 Å². The third-order valence-corrected chi connectivity index (χ3v) is 1.94. The van der Waals surface area contributed by atoms with Crippen molar-refractivity contribution in [3.05, 3.63) is 42.0 Å². The van der Waals surface area contributed by atoms with Crippen molar-refractivity contribution in [3.63, 3.8) is 0 Å². The molecule has 0 aliphatic rings. The Balaban J connectivity index is 2.43. The van der Waals surface area contributed by atoms with Gasteiger partial charge in [0.25, 0.3) is 0 Å². The Morgan fingerprint density at radius 2 is 1.93 bits per heavy atom. The summed E-state index contributed by atoms with van der Waals surface area (Å²) in [5.41, 5.74) is 0.737. The van der Waals surface area contributed by atoms with Crippen molar-refractivity contribution in [2.24, 2.45) is 0 Å². The van der Waals surface area contributed by atoms with E-state index in [2.05, 4.69) is 0 Å². The van der Waals surface area contributed by atoms with Gasteiger partial charge in [-0.05, 0) is 37.6 Å². The number of carbonyl (C=O) groups is 1. The SMILES string of the molecule is CC(=O)/C(C)=C/COc1ccccc1. The number of benzene rings is 1. The molecule has 0 radical (unpaired) electrons. The number of Topliss-reactive ketones (excluding diaryl/α,β-unsaturated/α-hetero) is 1. The predicted molar refractivity (Wildman–Crippen MR) is 56.4 cm³/mol. The maximum Gasteiger partial charge on any atom is 0.155 e. The predicted octanol–water partition coefficient (Wildman–Crippen LogP) is 2.60. The number of carbonyl (C=O) groups excluding carboxylic acids is 1. The fraction of sp³-hybridized carbons (Fsp3) is 0.250. The third kappa shape index (κ3) is 3.44. The van der Waals surface area contributed by atoms with E-state index in [1.54, 1.807) is 19.9 Å². The van der Waals surface area contributed by atoms with E-state index < -0.39 is 0 Å². The molecule has 0 aliphatic carbocycles. The lowest BCUT2D eigenvalue weighted by molar-refractivity contribution is -0.113. The van der Waals surface area contributed by atoms with E-state index in [4.69, 9.17) is 4.74 Å². The molecule has 0 aromatic heterocycles. The minimum atomic E-state index is 0.0849. The Kier molecular flexibility index (Phi) is 3.92. The topological polar surface area (TPSA) is 26.3 Å². The lowest BCUT2D eigenvalue weighted by atomic mass is 10.2. The Bertz CT molecular complexity index is 325. The van der Waals surface area contributed by atoms with Crippen LogP contribution >= 0.6 is 0 Å². The molecule has 2 nitrogen and oxygen atoms in total. The number of hydrogen-bond acceptors (Lipinski definition) is 2. The minimum Gasteiger partial charge on any atom is -0.490 e. The molecule has 0 bridgehead atoms. The molecule has 0 fully saturated rings. The lowest BCUT2D eigenvalue weighted by Crippen LogP contribution is -1.98. The van der Waals surface area contributed by atoms with Crippen LogP contribution in [0.15, 0.2) is 42.0 Å². The third-order valence-electron chi connectivity index (χ3n) is 1.94. The van der Waals surface area contributed by atoms with E-state index in [9.17, 15) is 4.79 Å². The van der Waals surface area contributed by atoms with Gasteiger partial charge in [-0.1, -0.05) is 18.2 Å². The molecule has 1 aromatic carbocycles. The van der Waals surface area contributed by atoms with Crippen LogP contribution in [-0.4, -0.2) is 12.4 Å². The average molecular weight is 190 g/mol. The highest BCUT2D eigenvalue weighted by Gasteiger charge is 1.94. The summed E-state index contributed by atoms with van der Waals surface area (Å²) in [7, 11) is 0. The zero-order valence-electron chi connectivity index (χ0n) is 8.49. The molecule has 0 unspecified atom stereocenters. The largest absolute Gasteiger partial charge is 0.490 e. The van der Waals surface area contributed by atoms with Crippen LogP contribution in [0.3, 0.4) is 0 Å². The van der Waals surface area contributed by atoms with Crippen LogP contribution in [0.2, 0.25) is 0 Å². The van der Waals surface area contributed by atoms with Crippen molar-refractivity contribution in [3.8, 4) is 5.75 Å². The maximum absolute atomic E-state index is 10.9. The normalized spacial score (nSPS) is 11.1. The van der Waals surface area contributed by atoms with Gasteiger partial charge in [0.05, 0.1) is 0 Å². The molecule has 0 amide bonds. The summed E-state index contributed by atoms with van der Waals surface area (Å²) in [6.45, 7) is 3.78. The Hall–Kier alpha value is -1.57. The summed E-state index contributed by atoms with van der Waals surface area (Å²) >= 11 is 0. The highest BCUT2D eigenvalue weighted by atomic mass is 16.5. The summed E-state index contributed by atoms with van der Waals surface area (Å²) in [5, 5.41) is 0. The Labute approximate surface area is 84.2 Å². The number of ether oxygens (including phenoxy) is 1. The standard InChI is InChI=1S/C12H14O2/c1-10(11(2)13)8-9-14-12-6-4-3-5-7-12/h3-8H,9H2,1-2H3/b10-8+. The maximum atomic E-state index is 10.9. The van der Waals surface area contributed by atoms with Gasteiger partial charge in [-0.15, -0.1) is 0 Å². The van der Waals surface area contributed by atoms with E-state index in [1.807, 2.05) is 30.3 Å². The van der Waals surface area contributed by atoms with Crippen molar-refractivity contribution in [2.75, 3.05) is 6.61 Å². The van der Waals surface area contributed by atoms with Gasteiger partial charge >= 0.3 is 0 Å². The van der Waals surface area contributed by atoms with Crippen molar-refractivity contribution in [2.45, 2.75) is 13.8 Å². The average Bonchev–Trinajstić information content (AvgIpc) is 2.19. The number of hydrogen-bond donors (Lipinski definition) is 0. The molecule has 0 N–H and O–H groups in total. The van der Waals surface area contributed by atoms with Crippen LogP contribution in [0.25, 0.3) is 0 Å². The molecule has 0 aliphatic heterocycles. The number of rotatable bonds is 4. The Morgan fingerprint density at radius 1 is 1.29 bits per heavy atom. The molecular formula is C12H14O2. The van der Waals surface area contributed by atoms with Crippen molar-refractivity contribution in [1.82, 2.24) is 0 Å². The molecule has 0 saturated carbocycles. The highest BCUT2D eigenvalue weighted by molar-refractivity contribution is 5.92. The van der Waals surface area contributed by atoms with Crippen LogP contribution in [0.5, 0.6) is 5.75 Å². The number of para-hydroxylation sites is 1. The van der Waals surface area contributed by atoms with Crippen LogP contribution in [-0.2, 0) is 4.79 Å². The first-order valence-corrected chi connectivity index (χ1v) is 4.55. The number of ketones is 1. The molecule has 2 heteroatoms. The van der Waals surface area contributed by atoms with E-state index in [0.29, 0.717) is 6.61 Å². The molecular weight excluding hydrogens is 176 g/mol. The van der Waals surface area contributed by atoms with Gasteiger partial charge in [-0.3, -0.25) is 4.79 Å². The summed E-state index contributed by atoms with van der Waals surface area (Å²) in [6.07, 6.45) is 1.79. The van der Waals surface area contributed by atoms with Gasteiger partial charge in [0.1, 0.15) is 12.4 Å². The van der Waals surface area contributed by atoms with E-state index in [1.165, 1.54) is 0 Å². The van der Waals surface area contributed by atoms with Gasteiger partial charge in [-0.25, -0.2) is 0 Å². The molecule has 1 rings (SSSR count). The fourth-order valence-corrected chi connectivity index (χ4v) is 0.923. The molecule has 0 atom stereocenters. The first-order valence-electron chi connectivity index (χ1n) is 4.55. The minimum absolute atomic E-state index is 0.0849. The second-order valence-electron chi connectivity index (χ2n) is 3.07. The smallest absolute Gasteiger partial charge is 0.155 e. The zero-order chi connectivity index (χ0) is 10.4. The van der Waals surface area contributed by atoms with E-state index in [0.717, 1.165) is 11.3 Å². The van der Waals surface area contributed by atoms with Crippen LogP contribution in [0.1, 0.15) is 13.8 Å². The fourth-order valence-electron chi connectivity index (χ4n) is 0.923. The molecule has 1 aromatic rings. The van der Waals surface area contributed by atoms with Crippen molar-refractivity contribution < 1.29 is 9.53 Å². The van der Waals surface area contributed by atoms with E-state index in [-0.39, 0.29) is 5.78 Å². The second kappa shape index (κ2) is 5.22. The lowest BCUT2D eigenvalue weighted by Gasteiger charge is -2.02. The quantitative estimate of drug-likeness (QED) is 0.682. The summed E-state index contributed by atoms with van der Waals surface area (Å²) in [4.78, 5) is 10.9. The van der Waals surface area contributed by atoms with Gasteiger partial charge in [0.2, 0.25) is 0 Å². The van der Waals surface area contributed by atoms with Crippen LogP contribution in [0, 0.1) is 0 Å². The summed E-state index contributed by atoms with van der Waals surface area (Å²) in [6, 6.07) is 9.53. The molecule has 0 heterocycles. The zero-order valence-corrected chi connectivity index (χ0v) is 8.49. The van der Waals surface area contributed by atoms with Gasteiger partial charge in [0.15, 0.2) is 5.78 Å². The molecule has 74 valence electrons. The molecule has 0 saturated heterocycles. The highest BCUT2D eigenvalue weighted by Crippen LogP contribution is 2.08. The monoisotopic (exact) mass is 190 g/mol. The van der Waals surface area contributed by atoms with E-state index >= 15 is 0 Å². The van der Waals surface area contributed by atoms with Gasteiger partial charge < -0.3 is 4.74 Å². The summed E-state index contributed by atoms with van der Waals surface area (Å²) < 4.78 is 5.40. The first-order chi connectivity index (χ1) is 6.70. The van der Waals surface area contributed by atoms with Crippen LogP contribution in [0.4, 0.5) is 0 Å².